The van der Waals surface area contributed by atoms with Gasteiger partial charge in [-0.3, -0.25) is 0 Å². The third-order valence-electron chi connectivity index (χ3n) is 2.98. The van der Waals surface area contributed by atoms with Crippen molar-refractivity contribution in [2.75, 3.05) is 12.9 Å². The van der Waals surface area contributed by atoms with E-state index in [9.17, 15) is 9.59 Å². The molecule has 2 rings (SSSR count). The minimum atomic E-state index is -0.456. The molecule has 1 aromatic rings. The predicted molar refractivity (Wildman–Crippen MR) is 84.6 cm³/mol. The van der Waals surface area contributed by atoms with E-state index in [2.05, 4.69) is 5.32 Å². The van der Waals surface area contributed by atoms with Crippen molar-refractivity contribution in [1.82, 2.24) is 5.32 Å². The second-order valence-corrected chi connectivity index (χ2v) is 5.68. The van der Waals surface area contributed by atoms with E-state index in [4.69, 9.17) is 9.47 Å². The van der Waals surface area contributed by atoms with Crippen molar-refractivity contribution in [3.8, 4) is 0 Å². The summed E-state index contributed by atoms with van der Waals surface area (Å²) in [7, 11) is 1.32. The summed E-state index contributed by atoms with van der Waals surface area (Å²) in [6, 6.07) is 9.44. The van der Waals surface area contributed by atoms with E-state index < -0.39 is 11.9 Å². The fourth-order valence-corrected chi connectivity index (χ4v) is 2.68. The van der Waals surface area contributed by atoms with Crippen LogP contribution in [0.3, 0.4) is 0 Å². The molecule has 1 aliphatic rings. The Kier molecular flexibility index (Phi) is 5.66. The Morgan fingerprint density at radius 1 is 1.32 bits per heavy atom. The van der Waals surface area contributed by atoms with Crippen molar-refractivity contribution in [3.63, 3.8) is 0 Å². The molecular formula is C16H17NO4S. The van der Waals surface area contributed by atoms with E-state index in [1.807, 2.05) is 37.3 Å². The Labute approximate surface area is 133 Å². The number of nitrogens with one attached hydrogen (secondary N) is 1. The molecule has 0 aromatic heterocycles. The van der Waals surface area contributed by atoms with Crippen LogP contribution in [0.15, 0.2) is 52.7 Å². The first kappa shape index (κ1) is 16.2. The van der Waals surface area contributed by atoms with E-state index in [0.717, 1.165) is 11.1 Å². The van der Waals surface area contributed by atoms with Gasteiger partial charge >= 0.3 is 11.9 Å². The van der Waals surface area contributed by atoms with Crippen LogP contribution in [0.1, 0.15) is 12.5 Å². The van der Waals surface area contributed by atoms with E-state index in [1.54, 1.807) is 0 Å². The molecule has 0 spiro atoms. The van der Waals surface area contributed by atoms with Gasteiger partial charge in [-0.05, 0) is 18.1 Å². The lowest BCUT2D eigenvalue weighted by Crippen LogP contribution is -2.26. The summed E-state index contributed by atoms with van der Waals surface area (Å²) in [5.74, 6) is -0.279. The number of ether oxygens (including phenoxy) is 2. The third kappa shape index (κ3) is 4.39. The van der Waals surface area contributed by atoms with Crippen LogP contribution >= 0.6 is 11.8 Å². The van der Waals surface area contributed by atoms with Crippen molar-refractivity contribution in [1.29, 1.82) is 0 Å². The second kappa shape index (κ2) is 7.70. The molecule has 1 heterocycles. The van der Waals surface area contributed by atoms with Crippen LogP contribution in [0.25, 0.3) is 0 Å². The number of carbonyl (C=O) groups excluding carboxylic acids is 2. The molecule has 0 unspecified atom stereocenters. The maximum Gasteiger partial charge on any atom is 0.354 e. The minimum Gasteiger partial charge on any atom is -0.464 e. The van der Waals surface area contributed by atoms with Gasteiger partial charge in [-0.15, -0.1) is 11.8 Å². The van der Waals surface area contributed by atoms with Crippen LogP contribution in [-0.4, -0.2) is 24.8 Å². The maximum atomic E-state index is 11.8. The van der Waals surface area contributed by atoms with Crippen molar-refractivity contribution < 1.29 is 19.1 Å². The Morgan fingerprint density at radius 3 is 2.73 bits per heavy atom. The summed E-state index contributed by atoms with van der Waals surface area (Å²) in [5.41, 5.74) is 2.18. The number of thioether (sulfide) groups is 1. The number of benzene rings is 1. The first-order chi connectivity index (χ1) is 10.6. The van der Waals surface area contributed by atoms with Crippen molar-refractivity contribution in [2.45, 2.75) is 13.5 Å². The molecule has 1 N–H and O–H groups in total. The largest absolute Gasteiger partial charge is 0.464 e. The molecule has 0 fully saturated rings. The average Bonchev–Trinajstić information content (AvgIpc) is 2.55. The van der Waals surface area contributed by atoms with Crippen LogP contribution in [0, 0.1) is 0 Å². The summed E-state index contributed by atoms with van der Waals surface area (Å²) < 4.78 is 9.89. The van der Waals surface area contributed by atoms with E-state index in [-0.39, 0.29) is 6.61 Å². The van der Waals surface area contributed by atoms with Crippen molar-refractivity contribution in [3.05, 3.63) is 58.3 Å². The maximum absolute atomic E-state index is 11.8. The van der Waals surface area contributed by atoms with Gasteiger partial charge < -0.3 is 14.8 Å². The molecule has 5 nitrogen and oxygen atoms in total. The van der Waals surface area contributed by atoms with Gasteiger partial charge in [-0.1, -0.05) is 30.3 Å². The zero-order valence-electron chi connectivity index (χ0n) is 12.4. The summed E-state index contributed by atoms with van der Waals surface area (Å²) in [6.07, 6.45) is 1.35. The number of carbonyl (C=O) groups is 2. The predicted octanol–water partition coefficient (Wildman–Crippen LogP) is 2.35. The average molecular weight is 319 g/mol. The lowest BCUT2D eigenvalue weighted by atomic mass is 10.2. The Balaban J connectivity index is 1.95. The summed E-state index contributed by atoms with van der Waals surface area (Å²) in [5, 5.41) is 3.48. The molecule has 1 aliphatic heterocycles. The van der Waals surface area contributed by atoms with Gasteiger partial charge in [0.15, 0.2) is 0 Å². The fraction of sp³-hybridized carbons (Fsp3) is 0.250. The Hall–Kier alpha value is -2.21. The number of hydrogen-bond donors (Lipinski definition) is 1. The molecule has 22 heavy (non-hydrogen) atoms. The topological polar surface area (TPSA) is 64.6 Å². The van der Waals surface area contributed by atoms with Gasteiger partial charge in [0.25, 0.3) is 0 Å². The van der Waals surface area contributed by atoms with Crippen LogP contribution in [0.5, 0.6) is 0 Å². The van der Waals surface area contributed by atoms with Gasteiger partial charge in [0.1, 0.15) is 12.3 Å². The highest BCUT2D eigenvalue weighted by Gasteiger charge is 2.20. The Bertz CT molecular complexity index is 622. The van der Waals surface area contributed by atoms with Gasteiger partial charge in [0, 0.05) is 5.75 Å². The normalized spacial score (nSPS) is 16.2. The summed E-state index contributed by atoms with van der Waals surface area (Å²) in [6.45, 7) is 2.06. The monoisotopic (exact) mass is 319 g/mol. The number of hydrogen-bond acceptors (Lipinski definition) is 6. The quantitative estimate of drug-likeness (QED) is 0.679. The van der Waals surface area contributed by atoms with Gasteiger partial charge in [0.2, 0.25) is 0 Å². The van der Waals surface area contributed by atoms with Gasteiger partial charge in [0.05, 0.1) is 18.2 Å². The highest BCUT2D eigenvalue weighted by Crippen LogP contribution is 2.25. The second-order valence-electron chi connectivity index (χ2n) is 4.66. The van der Waals surface area contributed by atoms with Crippen LogP contribution in [0.2, 0.25) is 0 Å². The molecule has 0 saturated heterocycles. The molecular weight excluding hydrogens is 302 g/mol. The van der Waals surface area contributed by atoms with Crippen LogP contribution in [-0.2, 0) is 25.7 Å². The molecule has 116 valence electrons. The Morgan fingerprint density at radius 2 is 2.05 bits per heavy atom. The van der Waals surface area contributed by atoms with Crippen LogP contribution < -0.4 is 5.32 Å². The highest BCUT2D eigenvalue weighted by molar-refractivity contribution is 8.03. The molecule has 0 aliphatic carbocycles. The van der Waals surface area contributed by atoms with Crippen molar-refractivity contribution >= 4 is 23.7 Å². The van der Waals surface area contributed by atoms with Crippen molar-refractivity contribution in [2.24, 2.45) is 0 Å². The lowest BCUT2D eigenvalue weighted by Gasteiger charge is -2.20. The van der Waals surface area contributed by atoms with E-state index in [0.29, 0.717) is 16.5 Å². The van der Waals surface area contributed by atoms with E-state index in [1.165, 1.54) is 24.9 Å². The molecule has 0 radical (unpaired) electrons. The molecule has 0 saturated carbocycles. The SMILES string of the molecule is COC(=O)C1=C(C)CS/C(=C\C(=O)OCc2ccccc2)N1. The molecule has 0 bridgehead atoms. The first-order valence-electron chi connectivity index (χ1n) is 6.70. The summed E-state index contributed by atoms with van der Waals surface area (Å²) in [4.78, 5) is 23.5. The number of esters is 2. The zero-order chi connectivity index (χ0) is 15.9. The standard InChI is InChI=1S/C16H17NO4S/c1-11-10-22-13(17-15(11)16(19)20-2)8-14(18)21-9-12-6-4-3-5-7-12/h3-8,17H,9-10H2,1-2H3/b13-8-. The minimum absolute atomic E-state index is 0.215. The number of methoxy groups -OCH3 is 1. The smallest absolute Gasteiger partial charge is 0.354 e. The number of rotatable bonds is 4. The van der Waals surface area contributed by atoms with E-state index >= 15 is 0 Å². The third-order valence-corrected chi connectivity index (χ3v) is 4.09. The lowest BCUT2D eigenvalue weighted by molar-refractivity contribution is -0.139. The van der Waals surface area contributed by atoms with Crippen LogP contribution in [0.4, 0.5) is 0 Å². The zero-order valence-corrected chi connectivity index (χ0v) is 13.2. The molecule has 1 aromatic carbocycles. The fourth-order valence-electron chi connectivity index (χ4n) is 1.81. The molecule has 0 atom stereocenters. The van der Waals surface area contributed by atoms with Gasteiger partial charge in [-0.25, -0.2) is 9.59 Å². The molecule has 0 amide bonds. The highest BCUT2D eigenvalue weighted by atomic mass is 32.2. The summed E-state index contributed by atoms with van der Waals surface area (Å²) >= 11 is 1.44. The first-order valence-corrected chi connectivity index (χ1v) is 7.69. The molecule has 6 heteroatoms. The van der Waals surface area contributed by atoms with Gasteiger partial charge in [-0.2, -0.15) is 0 Å².